The van der Waals surface area contributed by atoms with Crippen molar-refractivity contribution in [2.45, 2.75) is 103 Å². The Kier molecular flexibility index (Phi) is 14.7. The summed E-state index contributed by atoms with van der Waals surface area (Å²) in [5, 5.41) is 3.03. The lowest BCUT2D eigenvalue weighted by Gasteiger charge is -2.35. The highest BCUT2D eigenvalue weighted by Crippen LogP contribution is 2.28. The number of nitrogens with one attached hydrogen (secondary N) is 1. The van der Waals surface area contributed by atoms with Gasteiger partial charge in [-0.1, -0.05) is 78.1 Å². The smallest absolute Gasteiger partial charge is 0.241 e. The topological polar surface area (TPSA) is 44.7 Å². The molecule has 0 spiro atoms. The molecule has 168 valence electrons. The van der Waals surface area contributed by atoms with Crippen LogP contribution in [0.2, 0.25) is 0 Å². The third kappa shape index (κ3) is 10.3. The second-order valence-corrected chi connectivity index (χ2v) is 9.69. The van der Waals surface area contributed by atoms with Crippen LogP contribution in [-0.2, 0) is 4.79 Å². The molecule has 0 saturated heterocycles. The van der Waals surface area contributed by atoms with E-state index in [0.29, 0.717) is 0 Å². The number of hydrogen-bond donors (Lipinski definition) is 1. The lowest BCUT2D eigenvalue weighted by atomic mass is 9.93. The van der Waals surface area contributed by atoms with E-state index in [1.165, 1.54) is 51.4 Å². The Labute approximate surface area is 188 Å². The third-order valence-corrected chi connectivity index (χ3v) is 6.91. The number of rotatable bonds is 16. The fraction of sp³-hybridized carbons (Fsp3) is 0.826. The van der Waals surface area contributed by atoms with Crippen molar-refractivity contribution in [3.63, 3.8) is 0 Å². The molecule has 1 atom stereocenters. The molecule has 0 bridgehead atoms. The summed E-state index contributed by atoms with van der Waals surface area (Å²) in [5.41, 5.74) is 4.16. The molecular weight excluding hydrogens is 398 g/mol. The van der Waals surface area contributed by atoms with Crippen molar-refractivity contribution in [2.75, 3.05) is 12.5 Å². The van der Waals surface area contributed by atoms with E-state index in [9.17, 15) is 4.79 Å². The minimum Gasteiger partial charge on any atom is -0.273 e. The average molecular weight is 442 g/mol. The standard InChI is InChI=1S/C23H43N3OS2/c1-6-8-10-12-14-16-20(17-15-13-11-9-7-2)22(27)25-26-21(28-4)18-19(3)24-23(26)29-5/h18,20,23H,6-17H2,1-5H3,(H,25,27). The summed E-state index contributed by atoms with van der Waals surface area (Å²) in [6, 6.07) is 0. The molecule has 1 N–H and O–H groups in total. The van der Waals surface area contributed by atoms with Crippen molar-refractivity contribution in [2.24, 2.45) is 10.9 Å². The SMILES string of the molecule is CCCCCCCC(CCCCCCC)C(=O)NN1C(SC)=CC(C)=NC1SC. The first-order chi connectivity index (χ1) is 14.1. The van der Waals surface area contributed by atoms with E-state index < -0.39 is 0 Å². The van der Waals surface area contributed by atoms with Crippen LogP contribution >= 0.6 is 23.5 Å². The quantitative estimate of drug-likeness (QED) is 0.262. The minimum atomic E-state index is -0.0823. The predicted octanol–water partition coefficient (Wildman–Crippen LogP) is 6.98. The first-order valence-corrected chi connectivity index (χ1v) is 14.0. The maximum absolute atomic E-state index is 13.2. The Morgan fingerprint density at radius 2 is 1.59 bits per heavy atom. The van der Waals surface area contributed by atoms with Gasteiger partial charge >= 0.3 is 0 Å². The number of nitrogens with zero attached hydrogens (tertiary/aromatic N) is 2. The maximum Gasteiger partial charge on any atom is 0.241 e. The van der Waals surface area contributed by atoms with Gasteiger partial charge in [-0.05, 0) is 38.4 Å². The molecule has 29 heavy (non-hydrogen) atoms. The molecule has 1 aliphatic heterocycles. The minimum absolute atomic E-state index is 0.0823. The molecule has 1 rings (SSSR count). The summed E-state index contributed by atoms with van der Waals surface area (Å²) in [4.78, 5) is 17.9. The predicted molar refractivity (Wildman–Crippen MR) is 132 cm³/mol. The molecule has 0 aromatic heterocycles. The highest BCUT2D eigenvalue weighted by molar-refractivity contribution is 8.02. The van der Waals surface area contributed by atoms with Crippen molar-refractivity contribution in [3.05, 3.63) is 11.1 Å². The number of aliphatic imine (C=N–C) groups is 1. The first-order valence-electron chi connectivity index (χ1n) is 11.5. The van der Waals surface area contributed by atoms with E-state index in [1.54, 1.807) is 23.5 Å². The molecule has 0 fully saturated rings. The van der Waals surface area contributed by atoms with Crippen LogP contribution in [0.5, 0.6) is 0 Å². The second-order valence-electron chi connectivity index (χ2n) is 7.97. The van der Waals surface area contributed by atoms with Gasteiger partial charge in [0.05, 0.1) is 5.03 Å². The Balaban J connectivity index is 2.68. The van der Waals surface area contributed by atoms with Gasteiger partial charge in [0.2, 0.25) is 5.91 Å². The zero-order chi connectivity index (χ0) is 21.5. The molecule has 0 aromatic rings. The Bertz CT molecular complexity index is 508. The van der Waals surface area contributed by atoms with Crippen molar-refractivity contribution in [1.29, 1.82) is 0 Å². The third-order valence-electron chi connectivity index (χ3n) is 5.44. The van der Waals surface area contributed by atoms with Crippen LogP contribution in [0, 0.1) is 5.92 Å². The highest BCUT2D eigenvalue weighted by atomic mass is 32.2. The second kappa shape index (κ2) is 16.1. The summed E-state index contributed by atoms with van der Waals surface area (Å²) in [6.45, 7) is 6.51. The van der Waals surface area contributed by atoms with Gasteiger partial charge < -0.3 is 0 Å². The zero-order valence-electron chi connectivity index (χ0n) is 19.3. The van der Waals surface area contributed by atoms with Crippen LogP contribution < -0.4 is 5.43 Å². The molecular formula is C23H43N3OS2. The van der Waals surface area contributed by atoms with E-state index in [1.807, 2.05) is 18.2 Å². The molecule has 1 unspecified atom stereocenters. The number of amides is 1. The summed E-state index contributed by atoms with van der Waals surface area (Å²) in [6.07, 6.45) is 20.6. The molecule has 4 nitrogen and oxygen atoms in total. The Morgan fingerprint density at radius 3 is 2.07 bits per heavy atom. The van der Waals surface area contributed by atoms with Crippen LogP contribution in [0.3, 0.4) is 0 Å². The monoisotopic (exact) mass is 441 g/mol. The largest absolute Gasteiger partial charge is 0.273 e. The van der Waals surface area contributed by atoms with E-state index >= 15 is 0 Å². The first kappa shape index (κ1) is 26.4. The van der Waals surface area contributed by atoms with Gasteiger partial charge in [0.1, 0.15) is 0 Å². The molecule has 0 aliphatic carbocycles. The number of unbranched alkanes of at least 4 members (excludes halogenated alkanes) is 8. The van der Waals surface area contributed by atoms with E-state index in [4.69, 9.17) is 0 Å². The molecule has 0 aromatic carbocycles. The van der Waals surface area contributed by atoms with Crippen LogP contribution in [-0.4, -0.2) is 34.6 Å². The molecule has 6 heteroatoms. The fourth-order valence-corrected chi connectivity index (χ4v) is 5.00. The summed E-state index contributed by atoms with van der Waals surface area (Å²) >= 11 is 3.32. The average Bonchev–Trinajstić information content (AvgIpc) is 2.72. The molecule has 0 radical (unpaired) electrons. The van der Waals surface area contributed by atoms with Gasteiger partial charge in [0.25, 0.3) is 0 Å². The zero-order valence-corrected chi connectivity index (χ0v) is 21.0. The number of hydrazine groups is 1. The normalized spacial score (nSPS) is 16.8. The number of carbonyl (C=O) groups is 1. The lowest BCUT2D eigenvalue weighted by molar-refractivity contribution is -0.129. The van der Waals surface area contributed by atoms with Gasteiger partial charge in [0, 0.05) is 11.6 Å². The number of carbonyl (C=O) groups excluding carboxylic acids is 1. The number of hydrogen-bond acceptors (Lipinski definition) is 5. The van der Waals surface area contributed by atoms with Gasteiger partial charge in [0.15, 0.2) is 5.50 Å². The maximum atomic E-state index is 13.2. The lowest BCUT2D eigenvalue weighted by Crippen LogP contribution is -2.49. The molecule has 1 amide bonds. The van der Waals surface area contributed by atoms with E-state index in [0.717, 1.165) is 36.4 Å². The van der Waals surface area contributed by atoms with Crippen LogP contribution in [0.1, 0.15) is 97.8 Å². The van der Waals surface area contributed by atoms with Crippen molar-refractivity contribution < 1.29 is 4.79 Å². The van der Waals surface area contributed by atoms with Crippen LogP contribution in [0.15, 0.2) is 16.1 Å². The highest BCUT2D eigenvalue weighted by Gasteiger charge is 2.27. The van der Waals surface area contributed by atoms with Crippen molar-refractivity contribution in [3.8, 4) is 0 Å². The Hall–Kier alpha value is -0.620. The summed E-state index contributed by atoms with van der Waals surface area (Å²) < 4.78 is 0. The molecule has 1 aliphatic rings. The molecule has 1 heterocycles. The summed E-state index contributed by atoms with van der Waals surface area (Å²) in [5.74, 6) is 0.278. The van der Waals surface area contributed by atoms with E-state index in [2.05, 4.69) is 36.6 Å². The molecule has 0 saturated carbocycles. The summed E-state index contributed by atoms with van der Waals surface area (Å²) in [7, 11) is 0. The van der Waals surface area contributed by atoms with Gasteiger partial charge in [-0.3, -0.25) is 15.2 Å². The van der Waals surface area contributed by atoms with Crippen LogP contribution in [0.4, 0.5) is 0 Å². The van der Waals surface area contributed by atoms with Gasteiger partial charge in [-0.2, -0.15) is 0 Å². The van der Waals surface area contributed by atoms with Gasteiger partial charge in [-0.15, -0.1) is 23.5 Å². The van der Waals surface area contributed by atoms with Crippen molar-refractivity contribution >= 4 is 35.1 Å². The van der Waals surface area contributed by atoms with E-state index in [-0.39, 0.29) is 17.3 Å². The van der Waals surface area contributed by atoms with Crippen molar-refractivity contribution in [1.82, 2.24) is 10.4 Å². The number of allylic oxidation sites excluding steroid dienone is 1. The number of thioether (sulfide) groups is 2. The van der Waals surface area contributed by atoms with Crippen LogP contribution in [0.25, 0.3) is 0 Å². The fourth-order valence-electron chi connectivity index (χ4n) is 3.66. The Morgan fingerprint density at radius 1 is 1.03 bits per heavy atom. The van der Waals surface area contributed by atoms with Gasteiger partial charge in [-0.25, -0.2) is 5.01 Å².